The van der Waals surface area contributed by atoms with Crippen molar-refractivity contribution in [3.8, 4) is 0 Å². The van der Waals surface area contributed by atoms with Crippen molar-refractivity contribution < 1.29 is 9.53 Å². The molecule has 2 N–H and O–H groups in total. The van der Waals surface area contributed by atoms with Gasteiger partial charge in [-0.05, 0) is 32.9 Å². The highest BCUT2D eigenvalue weighted by molar-refractivity contribution is 6.34. The monoisotopic (exact) mass is 267 g/mol. The SMILES string of the molecule is CC(C)(C)OC(=O)n1ncc2c(N)c(Cl)ccc21. The third-order valence-corrected chi connectivity index (χ3v) is 2.64. The van der Waals surface area contributed by atoms with E-state index in [-0.39, 0.29) is 0 Å². The Bertz CT molecular complexity index is 614. The number of nitrogens with two attached hydrogens (primary N) is 1. The molecule has 18 heavy (non-hydrogen) atoms. The summed E-state index contributed by atoms with van der Waals surface area (Å²) in [6.45, 7) is 5.38. The summed E-state index contributed by atoms with van der Waals surface area (Å²) in [6.07, 6.45) is 0.958. The molecule has 0 aliphatic carbocycles. The van der Waals surface area contributed by atoms with Crippen LogP contribution in [0.3, 0.4) is 0 Å². The van der Waals surface area contributed by atoms with E-state index < -0.39 is 11.7 Å². The first-order valence-electron chi connectivity index (χ1n) is 5.44. The molecule has 96 valence electrons. The van der Waals surface area contributed by atoms with E-state index in [9.17, 15) is 4.79 Å². The van der Waals surface area contributed by atoms with Gasteiger partial charge < -0.3 is 10.5 Å². The maximum Gasteiger partial charge on any atom is 0.435 e. The first-order chi connectivity index (χ1) is 8.29. The lowest BCUT2D eigenvalue weighted by Gasteiger charge is -2.19. The molecule has 5 nitrogen and oxygen atoms in total. The second-order valence-corrected chi connectivity index (χ2v) is 5.34. The van der Waals surface area contributed by atoms with E-state index in [4.69, 9.17) is 22.1 Å². The van der Waals surface area contributed by atoms with Gasteiger partial charge in [-0.3, -0.25) is 0 Å². The topological polar surface area (TPSA) is 70.1 Å². The van der Waals surface area contributed by atoms with Crippen LogP contribution in [0.15, 0.2) is 18.3 Å². The van der Waals surface area contributed by atoms with E-state index >= 15 is 0 Å². The smallest absolute Gasteiger partial charge is 0.435 e. The van der Waals surface area contributed by atoms with Crippen LogP contribution in [0.25, 0.3) is 10.9 Å². The van der Waals surface area contributed by atoms with Gasteiger partial charge in [-0.25, -0.2) is 4.79 Å². The average molecular weight is 268 g/mol. The number of rotatable bonds is 0. The molecule has 0 fully saturated rings. The van der Waals surface area contributed by atoms with E-state index in [1.165, 1.54) is 10.9 Å². The normalized spacial score (nSPS) is 11.8. The molecule has 0 amide bonds. The maximum atomic E-state index is 11.9. The van der Waals surface area contributed by atoms with Gasteiger partial charge in [-0.15, -0.1) is 0 Å². The average Bonchev–Trinajstić information content (AvgIpc) is 2.65. The van der Waals surface area contributed by atoms with Crippen LogP contribution in [-0.4, -0.2) is 21.5 Å². The van der Waals surface area contributed by atoms with E-state index in [0.717, 1.165) is 0 Å². The molecule has 0 saturated heterocycles. The van der Waals surface area contributed by atoms with Crippen LogP contribution in [0.2, 0.25) is 5.02 Å². The number of hydrogen-bond acceptors (Lipinski definition) is 4. The van der Waals surface area contributed by atoms with Crippen molar-refractivity contribution in [3.63, 3.8) is 0 Å². The van der Waals surface area contributed by atoms with E-state index in [1.54, 1.807) is 32.9 Å². The van der Waals surface area contributed by atoms with Gasteiger partial charge in [0, 0.05) is 5.39 Å². The summed E-state index contributed by atoms with van der Waals surface area (Å²) in [5.41, 5.74) is 6.23. The van der Waals surface area contributed by atoms with Gasteiger partial charge in [0.15, 0.2) is 0 Å². The number of fused-ring (bicyclic) bond motifs is 1. The lowest BCUT2D eigenvalue weighted by atomic mass is 10.2. The summed E-state index contributed by atoms with van der Waals surface area (Å²) >= 11 is 5.90. The number of nitrogens with zero attached hydrogens (tertiary/aromatic N) is 2. The number of aromatic nitrogens is 2. The Morgan fingerprint density at radius 3 is 2.72 bits per heavy atom. The van der Waals surface area contributed by atoms with Crippen LogP contribution in [-0.2, 0) is 4.74 Å². The van der Waals surface area contributed by atoms with Gasteiger partial charge in [0.1, 0.15) is 5.60 Å². The van der Waals surface area contributed by atoms with Gasteiger partial charge >= 0.3 is 6.09 Å². The third-order valence-electron chi connectivity index (χ3n) is 2.31. The minimum Gasteiger partial charge on any atom is -0.442 e. The third kappa shape index (κ3) is 2.26. The molecule has 0 bridgehead atoms. The molecule has 0 spiro atoms. The Labute approximate surface area is 109 Å². The molecule has 1 aromatic heterocycles. The Hall–Kier alpha value is -1.75. The van der Waals surface area contributed by atoms with E-state index in [1.807, 2.05) is 0 Å². The number of nitrogen functional groups attached to an aromatic ring is 1. The molecule has 0 aliphatic heterocycles. The van der Waals surface area contributed by atoms with E-state index in [0.29, 0.717) is 21.6 Å². The summed E-state index contributed by atoms with van der Waals surface area (Å²) < 4.78 is 6.42. The minimum absolute atomic E-state index is 0.406. The van der Waals surface area contributed by atoms with Crippen LogP contribution in [0.5, 0.6) is 0 Å². The molecule has 0 atom stereocenters. The Morgan fingerprint density at radius 1 is 1.44 bits per heavy atom. The highest BCUT2D eigenvalue weighted by atomic mass is 35.5. The molecular formula is C12H14ClN3O2. The van der Waals surface area contributed by atoms with Gasteiger partial charge in [0.2, 0.25) is 0 Å². The van der Waals surface area contributed by atoms with Crippen LogP contribution >= 0.6 is 11.6 Å². The van der Waals surface area contributed by atoms with Crippen LogP contribution in [0.1, 0.15) is 20.8 Å². The zero-order valence-electron chi connectivity index (χ0n) is 10.4. The van der Waals surface area contributed by atoms with Crippen LogP contribution in [0, 0.1) is 0 Å². The number of benzene rings is 1. The highest BCUT2D eigenvalue weighted by Gasteiger charge is 2.20. The number of hydrogen-bond donors (Lipinski definition) is 1. The fourth-order valence-corrected chi connectivity index (χ4v) is 1.71. The number of halogens is 1. The quantitative estimate of drug-likeness (QED) is 0.745. The molecule has 0 unspecified atom stereocenters. The van der Waals surface area contributed by atoms with Crippen molar-refractivity contribution >= 4 is 34.3 Å². The molecule has 1 aromatic carbocycles. The van der Waals surface area contributed by atoms with Crippen molar-refractivity contribution in [2.24, 2.45) is 0 Å². The standard InChI is InChI=1S/C12H14ClN3O2/c1-12(2,3)18-11(17)16-9-5-4-8(13)10(14)7(9)6-15-16/h4-6H,14H2,1-3H3. The second kappa shape index (κ2) is 4.17. The number of carbonyl (C=O) groups excluding carboxylic acids is 1. The lowest BCUT2D eigenvalue weighted by molar-refractivity contribution is 0.0523. The van der Waals surface area contributed by atoms with Crippen LogP contribution < -0.4 is 5.73 Å². The summed E-state index contributed by atoms with van der Waals surface area (Å²) in [5.74, 6) is 0. The second-order valence-electron chi connectivity index (χ2n) is 4.93. The number of anilines is 1. The summed E-state index contributed by atoms with van der Waals surface area (Å²) in [7, 11) is 0. The minimum atomic E-state index is -0.576. The Balaban J connectivity index is 2.48. The molecule has 6 heteroatoms. The highest BCUT2D eigenvalue weighted by Crippen LogP contribution is 2.28. The predicted molar refractivity (Wildman–Crippen MR) is 70.8 cm³/mol. The predicted octanol–water partition coefficient (Wildman–Crippen LogP) is 3.06. The van der Waals surface area contributed by atoms with E-state index in [2.05, 4.69) is 5.10 Å². The molecule has 0 radical (unpaired) electrons. The molecule has 0 aliphatic rings. The van der Waals surface area contributed by atoms with Gasteiger partial charge in [-0.2, -0.15) is 9.78 Å². The molecule has 2 rings (SSSR count). The first kappa shape index (κ1) is 12.7. The van der Waals surface area contributed by atoms with Crippen molar-refractivity contribution in [2.75, 3.05) is 5.73 Å². The fourth-order valence-electron chi connectivity index (χ4n) is 1.55. The fraction of sp³-hybridized carbons (Fsp3) is 0.333. The number of ether oxygens (including phenoxy) is 1. The summed E-state index contributed by atoms with van der Waals surface area (Å²) in [6, 6.07) is 3.31. The largest absolute Gasteiger partial charge is 0.442 e. The summed E-state index contributed by atoms with van der Waals surface area (Å²) in [5, 5.41) is 5.05. The summed E-state index contributed by atoms with van der Waals surface area (Å²) in [4.78, 5) is 11.9. The van der Waals surface area contributed by atoms with Gasteiger partial charge in [-0.1, -0.05) is 11.6 Å². The molecule has 0 saturated carbocycles. The molecule has 1 heterocycles. The maximum absolute atomic E-state index is 11.9. The first-order valence-corrected chi connectivity index (χ1v) is 5.82. The van der Waals surface area contributed by atoms with Crippen molar-refractivity contribution in [2.45, 2.75) is 26.4 Å². The van der Waals surface area contributed by atoms with Crippen LogP contribution in [0.4, 0.5) is 10.5 Å². The Kier molecular flexibility index (Phi) is 2.94. The van der Waals surface area contributed by atoms with Crippen molar-refractivity contribution in [1.82, 2.24) is 9.78 Å². The van der Waals surface area contributed by atoms with Gasteiger partial charge in [0.05, 0.1) is 22.4 Å². The molecular weight excluding hydrogens is 254 g/mol. The lowest BCUT2D eigenvalue weighted by Crippen LogP contribution is -2.27. The van der Waals surface area contributed by atoms with Gasteiger partial charge in [0.25, 0.3) is 0 Å². The van der Waals surface area contributed by atoms with Crippen molar-refractivity contribution in [1.29, 1.82) is 0 Å². The zero-order valence-corrected chi connectivity index (χ0v) is 11.2. The Morgan fingerprint density at radius 2 is 2.11 bits per heavy atom. The number of carbonyl (C=O) groups is 1. The molecule has 2 aromatic rings. The zero-order chi connectivity index (χ0) is 13.5. The van der Waals surface area contributed by atoms with Crippen molar-refractivity contribution in [3.05, 3.63) is 23.4 Å².